The molecule has 5 heteroatoms. The molecule has 0 aromatic heterocycles. The fraction of sp³-hybridized carbons (Fsp3) is 0.846. The van der Waals surface area contributed by atoms with Crippen LogP contribution in [-0.4, -0.2) is 36.2 Å². The second kappa shape index (κ2) is 8.08. The number of esters is 1. The van der Waals surface area contributed by atoms with Gasteiger partial charge in [-0.05, 0) is 24.7 Å². The van der Waals surface area contributed by atoms with E-state index < -0.39 is 24.0 Å². The molecule has 0 aliphatic carbocycles. The van der Waals surface area contributed by atoms with E-state index in [4.69, 9.17) is 0 Å². The smallest absolute Gasteiger partial charge is 0.328 e. The maximum Gasteiger partial charge on any atom is 0.328 e. The quantitative estimate of drug-likeness (QED) is 0.671. The monoisotopic (exact) mass is 259 g/mol. The fourth-order valence-corrected chi connectivity index (χ4v) is 1.65. The van der Waals surface area contributed by atoms with Crippen molar-refractivity contribution in [3.63, 3.8) is 0 Å². The van der Waals surface area contributed by atoms with Crippen LogP contribution in [0.5, 0.6) is 0 Å². The van der Waals surface area contributed by atoms with Gasteiger partial charge in [-0.1, -0.05) is 27.7 Å². The zero-order valence-electron chi connectivity index (χ0n) is 11.9. The van der Waals surface area contributed by atoms with Crippen LogP contribution in [0.2, 0.25) is 0 Å². The predicted molar refractivity (Wildman–Crippen MR) is 68.9 cm³/mol. The van der Waals surface area contributed by atoms with Gasteiger partial charge in [-0.2, -0.15) is 0 Å². The van der Waals surface area contributed by atoms with Crippen LogP contribution in [0.25, 0.3) is 0 Å². The lowest BCUT2D eigenvalue weighted by Gasteiger charge is -2.20. The standard InChI is InChI=1S/C13H25NO4/c1-8(2)6-10(13(17)18-5)14-12(16)11(15)7-9(3)4/h8-11,15H,6-7H2,1-5H3,(H,14,16)/t10-,11-/m0/s1. The number of amides is 1. The molecule has 0 heterocycles. The van der Waals surface area contributed by atoms with Crippen LogP contribution in [0.4, 0.5) is 0 Å². The molecule has 5 nitrogen and oxygen atoms in total. The second-order valence-corrected chi connectivity index (χ2v) is 5.36. The van der Waals surface area contributed by atoms with E-state index in [1.54, 1.807) is 0 Å². The minimum absolute atomic E-state index is 0.215. The van der Waals surface area contributed by atoms with Crippen LogP contribution in [0.3, 0.4) is 0 Å². The molecule has 0 radical (unpaired) electrons. The number of rotatable bonds is 7. The van der Waals surface area contributed by atoms with Crippen molar-refractivity contribution in [2.45, 2.75) is 52.7 Å². The largest absolute Gasteiger partial charge is 0.467 e. The van der Waals surface area contributed by atoms with Crippen molar-refractivity contribution in [3.05, 3.63) is 0 Å². The van der Waals surface area contributed by atoms with Crippen LogP contribution >= 0.6 is 0 Å². The van der Waals surface area contributed by atoms with E-state index >= 15 is 0 Å². The molecule has 0 aromatic rings. The number of ether oxygens (including phenoxy) is 1. The first-order valence-electron chi connectivity index (χ1n) is 6.34. The highest BCUT2D eigenvalue weighted by molar-refractivity contribution is 5.86. The number of nitrogens with one attached hydrogen (secondary N) is 1. The van der Waals surface area contributed by atoms with Gasteiger partial charge in [0.05, 0.1) is 7.11 Å². The molecule has 0 aliphatic rings. The molecule has 0 rings (SSSR count). The first-order chi connectivity index (χ1) is 8.27. The van der Waals surface area contributed by atoms with Gasteiger partial charge in [-0.3, -0.25) is 4.79 Å². The molecule has 1 amide bonds. The van der Waals surface area contributed by atoms with Crippen molar-refractivity contribution >= 4 is 11.9 Å². The van der Waals surface area contributed by atoms with E-state index in [1.165, 1.54) is 7.11 Å². The SMILES string of the molecule is COC(=O)[C@H](CC(C)C)NC(=O)[C@@H](O)CC(C)C. The number of hydrogen-bond donors (Lipinski definition) is 2. The molecule has 0 saturated carbocycles. The molecule has 0 aliphatic heterocycles. The number of hydrogen-bond acceptors (Lipinski definition) is 4. The first-order valence-corrected chi connectivity index (χ1v) is 6.34. The molecule has 2 atom stereocenters. The summed E-state index contributed by atoms with van der Waals surface area (Å²) in [6, 6.07) is -0.690. The third kappa shape index (κ3) is 6.59. The predicted octanol–water partition coefficient (Wildman–Crippen LogP) is 1.10. The van der Waals surface area contributed by atoms with Crippen molar-refractivity contribution in [3.8, 4) is 0 Å². The van der Waals surface area contributed by atoms with Crippen molar-refractivity contribution in [1.29, 1.82) is 0 Å². The molecule has 0 spiro atoms. The van der Waals surface area contributed by atoms with Gasteiger partial charge in [-0.25, -0.2) is 4.79 Å². The zero-order chi connectivity index (χ0) is 14.3. The molecular formula is C13H25NO4. The molecular weight excluding hydrogens is 234 g/mol. The van der Waals surface area contributed by atoms with Gasteiger partial charge < -0.3 is 15.2 Å². The molecule has 0 aromatic carbocycles. The Kier molecular flexibility index (Phi) is 7.59. The zero-order valence-corrected chi connectivity index (χ0v) is 11.9. The highest BCUT2D eigenvalue weighted by atomic mass is 16.5. The van der Waals surface area contributed by atoms with E-state index in [0.29, 0.717) is 12.8 Å². The lowest BCUT2D eigenvalue weighted by Crippen LogP contribution is -2.46. The number of aliphatic hydroxyl groups excluding tert-OH is 1. The second-order valence-electron chi connectivity index (χ2n) is 5.36. The minimum atomic E-state index is -1.08. The Hall–Kier alpha value is -1.10. The normalized spacial score (nSPS) is 14.4. The Morgan fingerprint density at radius 3 is 2.00 bits per heavy atom. The molecule has 0 bridgehead atoms. The Morgan fingerprint density at radius 2 is 1.61 bits per heavy atom. The summed E-state index contributed by atoms with van der Waals surface area (Å²) >= 11 is 0. The third-order valence-corrected chi connectivity index (χ3v) is 2.51. The summed E-state index contributed by atoms with van der Waals surface area (Å²) in [4.78, 5) is 23.2. The van der Waals surface area contributed by atoms with Gasteiger partial charge in [-0.15, -0.1) is 0 Å². The lowest BCUT2D eigenvalue weighted by molar-refractivity contribution is -0.146. The van der Waals surface area contributed by atoms with Crippen LogP contribution in [-0.2, 0) is 14.3 Å². The molecule has 106 valence electrons. The van der Waals surface area contributed by atoms with E-state index in [2.05, 4.69) is 10.1 Å². The van der Waals surface area contributed by atoms with Crippen LogP contribution in [0, 0.1) is 11.8 Å². The van der Waals surface area contributed by atoms with Crippen molar-refractivity contribution < 1.29 is 19.4 Å². The number of carbonyl (C=O) groups is 2. The third-order valence-electron chi connectivity index (χ3n) is 2.51. The van der Waals surface area contributed by atoms with Gasteiger partial charge >= 0.3 is 5.97 Å². The number of aliphatic hydroxyl groups is 1. The Balaban J connectivity index is 4.47. The Morgan fingerprint density at radius 1 is 1.11 bits per heavy atom. The Bertz CT molecular complexity index is 276. The average molecular weight is 259 g/mol. The maximum absolute atomic E-state index is 11.7. The van der Waals surface area contributed by atoms with Crippen molar-refractivity contribution in [2.75, 3.05) is 7.11 Å². The fourth-order valence-electron chi connectivity index (χ4n) is 1.65. The minimum Gasteiger partial charge on any atom is -0.467 e. The van der Waals surface area contributed by atoms with Crippen molar-refractivity contribution in [1.82, 2.24) is 5.32 Å². The molecule has 2 N–H and O–H groups in total. The van der Waals surface area contributed by atoms with E-state index in [-0.39, 0.29) is 11.8 Å². The van der Waals surface area contributed by atoms with Gasteiger partial charge in [0, 0.05) is 0 Å². The summed E-state index contributed by atoms with van der Waals surface area (Å²) in [5, 5.41) is 12.2. The summed E-state index contributed by atoms with van der Waals surface area (Å²) < 4.78 is 4.64. The first kappa shape index (κ1) is 16.9. The lowest BCUT2D eigenvalue weighted by atomic mass is 10.0. The van der Waals surface area contributed by atoms with Gasteiger partial charge in [0.2, 0.25) is 5.91 Å². The van der Waals surface area contributed by atoms with Crippen LogP contribution < -0.4 is 5.32 Å². The highest BCUT2D eigenvalue weighted by Gasteiger charge is 2.25. The number of carbonyl (C=O) groups excluding carboxylic acids is 2. The average Bonchev–Trinajstić information content (AvgIpc) is 2.25. The van der Waals surface area contributed by atoms with Crippen LogP contribution in [0.1, 0.15) is 40.5 Å². The van der Waals surface area contributed by atoms with Gasteiger partial charge in [0.15, 0.2) is 0 Å². The van der Waals surface area contributed by atoms with E-state index in [0.717, 1.165) is 0 Å². The van der Waals surface area contributed by atoms with Gasteiger partial charge in [0.1, 0.15) is 12.1 Å². The molecule has 0 fully saturated rings. The molecule has 18 heavy (non-hydrogen) atoms. The summed E-state index contributed by atoms with van der Waals surface area (Å²) in [5.74, 6) is -0.530. The Labute approximate surface area is 109 Å². The summed E-state index contributed by atoms with van der Waals surface area (Å²) in [5.41, 5.74) is 0. The van der Waals surface area contributed by atoms with Gasteiger partial charge in [0.25, 0.3) is 0 Å². The van der Waals surface area contributed by atoms with E-state index in [1.807, 2.05) is 27.7 Å². The summed E-state index contributed by atoms with van der Waals surface area (Å²) in [6.45, 7) is 7.74. The van der Waals surface area contributed by atoms with Crippen molar-refractivity contribution in [2.24, 2.45) is 11.8 Å². The molecule has 0 saturated heterocycles. The summed E-state index contributed by atoms with van der Waals surface area (Å²) in [7, 11) is 1.28. The van der Waals surface area contributed by atoms with Crippen LogP contribution in [0.15, 0.2) is 0 Å². The summed E-state index contributed by atoms with van der Waals surface area (Å²) in [6.07, 6.45) is -0.210. The number of methoxy groups -OCH3 is 1. The van der Waals surface area contributed by atoms with E-state index in [9.17, 15) is 14.7 Å². The maximum atomic E-state index is 11.7. The topological polar surface area (TPSA) is 75.6 Å². The molecule has 0 unspecified atom stereocenters. The highest BCUT2D eigenvalue weighted by Crippen LogP contribution is 2.09.